The van der Waals surface area contributed by atoms with E-state index in [1.165, 1.54) is 0 Å². The maximum atomic E-state index is 10.8. The summed E-state index contributed by atoms with van der Waals surface area (Å²) in [5.41, 5.74) is 0.963. The largest absolute Gasteiger partial charge is 0.511 e. The Bertz CT molecular complexity index is 581. The first-order valence-corrected chi connectivity index (χ1v) is 7.51. The van der Waals surface area contributed by atoms with Crippen molar-refractivity contribution in [3.05, 3.63) is 59.1 Å². The first-order valence-electron chi connectivity index (χ1n) is 6.52. The van der Waals surface area contributed by atoms with Gasteiger partial charge in [0.1, 0.15) is 12.5 Å². The molecule has 8 heteroatoms. The first kappa shape index (κ1) is 18.4. The van der Waals surface area contributed by atoms with E-state index in [9.17, 15) is 9.59 Å². The average Bonchev–Trinajstić information content (AvgIpc) is 2.52. The number of thioether (sulfide) groups is 1. The van der Waals surface area contributed by atoms with Gasteiger partial charge in [-0.3, -0.25) is 0 Å². The molecule has 124 valence electrons. The summed E-state index contributed by atoms with van der Waals surface area (Å²) < 4.78 is 14.1. The van der Waals surface area contributed by atoms with Gasteiger partial charge in [0.15, 0.2) is 5.76 Å². The third-order valence-corrected chi connectivity index (χ3v) is 3.39. The standard InChI is InChI=1S/C15H16O7S/c1-2-20-8-12(22-15(18)19)13(9-21-14(16)17)23-10-11-6-4-3-5-7-11/h3-9H,2,10H2,1H3,(H,16,17)(H,18,19). The lowest BCUT2D eigenvalue weighted by atomic mass is 10.2. The topological polar surface area (TPSA) is 102 Å². The Morgan fingerprint density at radius 1 is 1.13 bits per heavy atom. The SMILES string of the molecule is CCOC=C(OC(=O)O)C(=COC(=O)O)SCc1ccccc1. The van der Waals surface area contributed by atoms with Gasteiger partial charge in [-0.05, 0) is 12.5 Å². The van der Waals surface area contributed by atoms with E-state index >= 15 is 0 Å². The lowest BCUT2D eigenvalue weighted by Gasteiger charge is -2.10. The highest BCUT2D eigenvalue weighted by Crippen LogP contribution is 2.29. The molecule has 2 N–H and O–H groups in total. The second kappa shape index (κ2) is 10.2. The number of carboxylic acid groups (broad SMARTS) is 2. The first-order chi connectivity index (χ1) is 11.0. The summed E-state index contributed by atoms with van der Waals surface area (Å²) in [5, 5.41) is 17.4. The van der Waals surface area contributed by atoms with Crippen LogP contribution in [0.2, 0.25) is 0 Å². The van der Waals surface area contributed by atoms with Gasteiger partial charge in [-0.15, -0.1) is 11.8 Å². The lowest BCUT2D eigenvalue weighted by Crippen LogP contribution is -2.04. The molecule has 0 unspecified atom stereocenters. The molecule has 1 aromatic rings. The molecule has 0 aliphatic heterocycles. The average molecular weight is 340 g/mol. The number of carbonyl (C=O) groups is 2. The van der Waals surface area contributed by atoms with Crippen LogP contribution in [-0.4, -0.2) is 29.1 Å². The van der Waals surface area contributed by atoms with Crippen LogP contribution < -0.4 is 0 Å². The smallest absolute Gasteiger partial charge is 0.498 e. The summed E-state index contributed by atoms with van der Waals surface area (Å²) >= 11 is 1.15. The van der Waals surface area contributed by atoms with Gasteiger partial charge in [-0.25, -0.2) is 9.59 Å². The Morgan fingerprint density at radius 3 is 2.39 bits per heavy atom. The molecule has 0 atom stereocenters. The molecular formula is C15H16O7S. The van der Waals surface area contributed by atoms with Gasteiger partial charge < -0.3 is 24.4 Å². The fraction of sp³-hybridized carbons (Fsp3) is 0.200. The third-order valence-electron chi connectivity index (χ3n) is 2.30. The van der Waals surface area contributed by atoms with E-state index in [1.54, 1.807) is 6.92 Å². The van der Waals surface area contributed by atoms with Crippen molar-refractivity contribution in [2.45, 2.75) is 12.7 Å². The minimum atomic E-state index is -1.54. The van der Waals surface area contributed by atoms with Crippen LogP contribution in [0, 0.1) is 0 Å². The van der Waals surface area contributed by atoms with E-state index in [0.717, 1.165) is 29.8 Å². The lowest BCUT2D eigenvalue weighted by molar-refractivity contribution is 0.115. The number of benzene rings is 1. The summed E-state index contributed by atoms with van der Waals surface area (Å²) in [7, 11) is 0. The summed E-state index contributed by atoms with van der Waals surface area (Å²) in [5.74, 6) is 0.309. The van der Waals surface area contributed by atoms with Crippen molar-refractivity contribution in [3.8, 4) is 0 Å². The summed E-state index contributed by atoms with van der Waals surface area (Å²) in [4.78, 5) is 21.5. The van der Waals surface area contributed by atoms with E-state index in [0.29, 0.717) is 12.4 Å². The third kappa shape index (κ3) is 7.82. The number of ether oxygens (including phenoxy) is 3. The predicted octanol–water partition coefficient (Wildman–Crippen LogP) is 4.03. The molecule has 0 aliphatic carbocycles. The van der Waals surface area contributed by atoms with Gasteiger partial charge in [0, 0.05) is 5.75 Å². The van der Waals surface area contributed by atoms with Crippen molar-refractivity contribution in [2.24, 2.45) is 0 Å². The second-order valence-electron chi connectivity index (χ2n) is 3.95. The number of hydrogen-bond acceptors (Lipinski definition) is 6. The Labute approximate surface area is 137 Å². The molecule has 0 radical (unpaired) electrons. The van der Waals surface area contributed by atoms with Crippen molar-refractivity contribution in [1.82, 2.24) is 0 Å². The minimum Gasteiger partial charge on any atom is -0.498 e. The van der Waals surface area contributed by atoms with Crippen molar-refractivity contribution < 1.29 is 34.0 Å². The van der Waals surface area contributed by atoms with Crippen LogP contribution in [0.5, 0.6) is 0 Å². The fourth-order valence-electron chi connectivity index (χ4n) is 1.39. The van der Waals surface area contributed by atoms with Gasteiger partial charge in [0.2, 0.25) is 0 Å². The molecule has 0 bridgehead atoms. The van der Waals surface area contributed by atoms with Crippen LogP contribution in [0.1, 0.15) is 12.5 Å². The Balaban J connectivity index is 2.93. The molecule has 23 heavy (non-hydrogen) atoms. The molecule has 1 rings (SSSR count). The molecule has 0 saturated heterocycles. The maximum Gasteiger partial charge on any atom is 0.511 e. The molecule has 0 amide bonds. The van der Waals surface area contributed by atoms with Crippen molar-refractivity contribution in [1.29, 1.82) is 0 Å². The Morgan fingerprint density at radius 2 is 1.83 bits per heavy atom. The van der Waals surface area contributed by atoms with Crippen LogP contribution in [0.25, 0.3) is 0 Å². The van der Waals surface area contributed by atoms with Crippen LogP contribution >= 0.6 is 11.8 Å². The Kier molecular flexibility index (Phi) is 8.16. The molecule has 0 aliphatic rings. The van der Waals surface area contributed by atoms with Crippen molar-refractivity contribution in [3.63, 3.8) is 0 Å². The van der Waals surface area contributed by atoms with Gasteiger partial charge >= 0.3 is 12.3 Å². The second-order valence-corrected chi connectivity index (χ2v) is 4.96. The van der Waals surface area contributed by atoms with E-state index in [4.69, 9.17) is 14.9 Å². The summed E-state index contributed by atoms with van der Waals surface area (Å²) in [6, 6.07) is 9.35. The quantitative estimate of drug-likeness (QED) is 0.415. The monoisotopic (exact) mass is 340 g/mol. The fourth-order valence-corrected chi connectivity index (χ4v) is 2.25. The van der Waals surface area contributed by atoms with Crippen molar-refractivity contribution >= 4 is 24.1 Å². The van der Waals surface area contributed by atoms with E-state index in [1.807, 2.05) is 30.3 Å². The van der Waals surface area contributed by atoms with Gasteiger partial charge in [0.25, 0.3) is 0 Å². The van der Waals surface area contributed by atoms with E-state index in [-0.39, 0.29) is 10.7 Å². The van der Waals surface area contributed by atoms with E-state index in [2.05, 4.69) is 9.47 Å². The maximum absolute atomic E-state index is 10.8. The Hall–Kier alpha value is -2.61. The van der Waals surface area contributed by atoms with Crippen molar-refractivity contribution in [2.75, 3.05) is 6.61 Å². The predicted molar refractivity (Wildman–Crippen MR) is 83.7 cm³/mol. The summed E-state index contributed by atoms with van der Waals surface area (Å²) in [6.45, 7) is 2.01. The highest BCUT2D eigenvalue weighted by atomic mass is 32.2. The molecule has 0 saturated carbocycles. The highest BCUT2D eigenvalue weighted by molar-refractivity contribution is 8.02. The molecule has 1 aromatic carbocycles. The highest BCUT2D eigenvalue weighted by Gasteiger charge is 2.14. The van der Waals surface area contributed by atoms with Crippen LogP contribution in [0.4, 0.5) is 9.59 Å². The van der Waals surface area contributed by atoms with Crippen LogP contribution in [0.15, 0.2) is 53.5 Å². The molecule has 0 fully saturated rings. The van der Waals surface area contributed by atoms with E-state index < -0.39 is 12.3 Å². The molecular weight excluding hydrogens is 324 g/mol. The molecule has 0 aromatic heterocycles. The number of rotatable bonds is 8. The number of hydrogen-bond donors (Lipinski definition) is 2. The van der Waals surface area contributed by atoms with Gasteiger partial charge in [-0.1, -0.05) is 30.3 Å². The van der Waals surface area contributed by atoms with Crippen LogP contribution in [-0.2, 0) is 20.0 Å². The minimum absolute atomic E-state index is 0.151. The molecule has 0 heterocycles. The zero-order valence-electron chi connectivity index (χ0n) is 12.3. The zero-order chi connectivity index (χ0) is 17.1. The zero-order valence-corrected chi connectivity index (χ0v) is 13.1. The summed E-state index contributed by atoms with van der Waals surface area (Å²) in [6.07, 6.45) is -1.06. The van der Waals surface area contributed by atoms with Gasteiger partial charge in [0.05, 0.1) is 11.5 Å². The van der Waals surface area contributed by atoms with Gasteiger partial charge in [-0.2, -0.15) is 0 Å². The van der Waals surface area contributed by atoms with Crippen LogP contribution in [0.3, 0.4) is 0 Å². The molecule has 0 spiro atoms. The molecule has 7 nitrogen and oxygen atoms in total. The normalized spacial score (nSPS) is 11.7.